The summed E-state index contributed by atoms with van der Waals surface area (Å²) in [5.74, 6) is 0. The van der Waals surface area contributed by atoms with E-state index in [4.69, 9.17) is 0 Å². The number of para-hydroxylation sites is 2. The Morgan fingerprint density at radius 1 is 0.571 bits per heavy atom. The monoisotopic (exact) mass is 307 g/mol. The van der Waals surface area contributed by atoms with E-state index in [1.165, 1.54) is 0 Å². The minimum atomic E-state index is 0. The third kappa shape index (κ3) is 3.52. The first kappa shape index (κ1) is 11.9. The van der Waals surface area contributed by atoms with Crippen LogP contribution in [-0.2, 0) is 0 Å². The summed E-state index contributed by atoms with van der Waals surface area (Å²) in [6.45, 7) is 0. The molecule has 66 valence electrons. The molecular formula is C12H11BaN. The van der Waals surface area contributed by atoms with Gasteiger partial charge in [-0.25, -0.2) is 0 Å². The summed E-state index contributed by atoms with van der Waals surface area (Å²) in [7, 11) is 0. The predicted octanol–water partition coefficient (Wildman–Crippen LogP) is 3.05. The molecule has 1 nitrogen and oxygen atoms in total. The number of benzene rings is 2. The Hall–Kier alpha value is -0.189. The van der Waals surface area contributed by atoms with Crippen LogP contribution in [0.4, 0.5) is 11.4 Å². The molecule has 0 aliphatic carbocycles. The van der Waals surface area contributed by atoms with Gasteiger partial charge in [-0.05, 0) is 24.3 Å². The fraction of sp³-hybridized carbons (Fsp3) is 0. The van der Waals surface area contributed by atoms with Gasteiger partial charge in [-0.1, -0.05) is 36.4 Å². The zero-order valence-electron chi connectivity index (χ0n) is 7.98. The van der Waals surface area contributed by atoms with E-state index in [-0.39, 0.29) is 48.9 Å². The average molecular weight is 307 g/mol. The fourth-order valence-electron chi connectivity index (χ4n) is 1.21. The van der Waals surface area contributed by atoms with E-state index in [1.54, 1.807) is 0 Å². The maximum atomic E-state index is 3.30. The first-order valence-electron chi connectivity index (χ1n) is 4.32. The van der Waals surface area contributed by atoms with Gasteiger partial charge >= 0.3 is 0 Å². The van der Waals surface area contributed by atoms with Crippen molar-refractivity contribution in [3.05, 3.63) is 60.7 Å². The molecule has 0 amide bonds. The molecule has 2 radical (unpaired) electrons. The molecular weight excluding hydrogens is 295 g/mol. The van der Waals surface area contributed by atoms with Crippen LogP contribution < -0.4 is 5.32 Å². The van der Waals surface area contributed by atoms with Gasteiger partial charge in [-0.2, -0.15) is 0 Å². The number of nitrogens with one attached hydrogen (secondary N) is 1. The third-order valence-electron chi connectivity index (χ3n) is 1.84. The van der Waals surface area contributed by atoms with Gasteiger partial charge in [0.25, 0.3) is 0 Å². The number of anilines is 2. The van der Waals surface area contributed by atoms with Crippen LogP contribution in [0.25, 0.3) is 0 Å². The van der Waals surface area contributed by atoms with Crippen molar-refractivity contribution in [1.82, 2.24) is 0 Å². The number of hydrogen-bond donors (Lipinski definition) is 1. The van der Waals surface area contributed by atoms with Crippen molar-refractivity contribution in [2.75, 3.05) is 5.32 Å². The van der Waals surface area contributed by atoms with Crippen LogP contribution in [0.3, 0.4) is 0 Å². The van der Waals surface area contributed by atoms with Crippen LogP contribution in [0.2, 0.25) is 0 Å². The van der Waals surface area contributed by atoms with Crippen molar-refractivity contribution in [3.63, 3.8) is 0 Å². The van der Waals surface area contributed by atoms with E-state index in [2.05, 4.69) is 5.32 Å². The summed E-state index contributed by atoms with van der Waals surface area (Å²) in [6.07, 6.45) is 0. The molecule has 0 heterocycles. The Morgan fingerprint density at radius 2 is 0.929 bits per heavy atom. The van der Waals surface area contributed by atoms with Crippen LogP contribution in [0.5, 0.6) is 0 Å². The molecule has 1 N–H and O–H groups in total. The van der Waals surface area contributed by atoms with Gasteiger partial charge in [0.15, 0.2) is 0 Å². The van der Waals surface area contributed by atoms with Gasteiger partial charge in [0, 0.05) is 60.3 Å². The van der Waals surface area contributed by atoms with Gasteiger partial charge in [0.2, 0.25) is 0 Å². The third-order valence-corrected chi connectivity index (χ3v) is 1.84. The molecule has 0 aromatic heterocycles. The molecule has 2 aromatic carbocycles. The van der Waals surface area contributed by atoms with Crippen LogP contribution in [0.15, 0.2) is 60.7 Å². The van der Waals surface area contributed by atoms with E-state index < -0.39 is 0 Å². The van der Waals surface area contributed by atoms with Gasteiger partial charge in [-0.3, -0.25) is 0 Å². The van der Waals surface area contributed by atoms with Crippen molar-refractivity contribution in [3.8, 4) is 0 Å². The topological polar surface area (TPSA) is 12.0 Å². The van der Waals surface area contributed by atoms with E-state index in [0.29, 0.717) is 0 Å². The molecule has 0 bridgehead atoms. The Labute approximate surface area is 125 Å². The molecule has 2 heteroatoms. The molecule has 2 aromatic rings. The van der Waals surface area contributed by atoms with E-state index in [0.717, 1.165) is 11.4 Å². The second-order valence-electron chi connectivity index (χ2n) is 2.86. The normalized spacial score (nSPS) is 8.86. The van der Waals surface area contributed by atoms with E-state index in [1.807, 2.05) is 60.7 Å². The molecule has 0 saturated carbocycles. The Bertz CT molecular complexity index is 321. The van der Waals surface area contributed by atoms with Crippen LogP contribution in [-0.4, -0.2) is 48.9 Å². The molecule has 0 saturated heterocycles. The summed E-state index contributed by atoms with van der Waals surface area (Å²) < 4.78 is 0. The van der Waals surface area contributed by atoms with Crippen LogP contribution >= 0.6 is 0 Å². The first-order chi connectivity index (χ1) is 6.45. The zero-order chi connectivity index (χ0) is 8.93. The molecule has 0 fully saturated rings. The van der Waals surface area contributed by atoms with Crippen molar-refractivity contribution >= 4 is 60.3 Å². The van der Waals surface area contributed by atoms with Crippen molar-refractivity contribution in [2.45, 2.75) is 0 Å². The van der Waals surface area contributed by atoms with Crippen LogP contribution in [0, 0.1) is 0 Å². The Balaban J connectivity index is 0.000000980. The van der Waals surface area contributed by atoms with Gasteiger partial charge in [-0.15, -0.1) is 0 Å². The molecule has 0 spiro atoms. The summed E-state index contributed by atoms with van der Waals surface area (Å²) in [5, 5.41) is 3.30. The summed E-state index contributed by atoms with van der Waals surface area (Å²) in [5.41, 5.74) is 2.24. The maximum absolute atomic E-state index is 3.30. The Kier molecular flexibility index (Phi) is 5.37. The van der Waals surface area contributed by atoms with Gasteiger partial charge in [0.05, 0.1) is 0 Å². The summed E-state index contributed by atoms with van der Waals surface area (Å²) in [4.78, 5) is 0. The van der Waals surface area contributed by atoms with Crippen molar-refractivity contribution in [1.29, 1.82) is 0 Å². The summed E-state index contributed by atoms with van der Waals surface area (Å²) >= 11 is 0. The minimum Gasteiger partial charge on any atom is -0.356 e. The second kappa shape index (κ2) is 6.32. The minimum absolute atomic E-state index is 0. The number of rotatable bonds is 2. The second-order valence-corrected chi connectivity index (χ2v) is 2.86. The quantitative estimate of drug-likeness (QED) is 0.841. The van der Waals surface area contributed by atoms with E-state index >= 15 is 0 Å². The maximum Gasteiger partial charge on any atom is 0.0384 e. The summed E-state index contributed by atoms with van der Waals surface area (Å²) in [6, 6.07) is 20.3. The smallest absolute Gasteiger partial charge is 0.0384 e. The molecule has 14 heavy (non-hydrogen) atoms. The van der Waals surface area contributed by atoms with Crippen molar-refractivity contribution in [2.24, 2.45) is 0 Å². The molecule has 0 unspecified atom stereocenters. The number of hydrogen-bond acceptors (Lipinski definition) is 1. The van der Waals surface area contributed by atoms with Gasteiger partial charge < -0.3 is 5.32 Å². The first-order valence-corrected chi connectivity index (χ1v) is 4.32. The predicted molar refractivity (Wildman–Crippen MR) is 61.9 cm³/mol. The molecule has 2 rings (SSSR count). The molecule has 0 aliphatic rings. The molecule has 0 atom stereocenters. The Morgan fingerprint density at radius 3 is 1.29 bits per heavy atom. The average Bonchev–Trinajstić information content (AvgIpc) is 2.21. The van der Waals surface area contributed by atoms with E-state index in [9.17, 15) is 0 Å². The van der Waals surface area contributed by atoms with Gasteiger partial charge in [0.1, 0.15) is 0 Å². The SMILES string of the molecule is [Ba].c1ccc(Nc2ccccc2)cc1. The largest absolute Gasteiger partial charge is 0.356 e. The van der Waals surface area contributed by atoms with Crippen molar-refractivity contribution < 1.29 is 0 Å². The van der Waals surface area contributed by atoms with Crippen LogP contribution in [0.1, 0.15) is 0 Å². The zero-order valence-corrected chi connectivity index (χ0v) is 12.4. The fourth-order valence-corrected chi connectivity index (χ4v) is 1.21. The standard InChI is InChI=1S/C12H11N.Ba/c1-3-7-11(8-4-1)13-12-9-5-2-6-10-12;/h1-10,13H;. The molecule has 0 aliphatic heterocycles.